The van der Waals surface area contributed by atoms with E-state index in [1.165, 1.54) is 42.4 Å². The lowest BCUT2D eigenvalue weighted by Gasteiger charge is -2.56. The van der Waals surface area contributed by atoms with E-state index in [0.717, 1.165) is 47.5 Å². The molecule has 260 valence electrons. The highest BCUT2D eigenvalue weighted by atomic mass is 16.5. The maximum absolute atomic E-state index is 11.3. The van der Waals surface area contributed by atoms with E-state index in [2.05, 4.69) is 118 Å². The summed E-state index contributed by atoms with van der Waals surface area (Å²) < 4.78 is 8.07. The van der Waals surface area contributed by atoms with Gasteiger partial charge in [0.25, 0.3) is 0 Å². The lowest BCUT2D eigenvalue weighted by atomic mass is 9.49. The molecule has 6 heteroatoms. The number of imidazole rings is 1. The van der Waals surface area contributed by atoms with Gasteiger partial charge in [0.15, 0.2) is 6.61 Å². The van der Waals surface area contributed by atoms with Crippen molar-refractivity contribution >= 4 is 17.0 Å². The fourth-order valence-electron chi connectivity index (χ4n) is 9.28. The number of aromatic nitrogens is 2. The second-order valence-corrected chi connectivity index (χ2v) is 16.0. The van der Waals surface area contributed by atoms with Crippen molar-refractivity contribution in [3.05, 3.63) is 107 Å². The fourth-order valence-corrected chi connectivity index (χ4v) is 9.28. The van der Waals surface area contributed by atoms with E-state index in [1.54, 1.807) is 11.1 Å². The van der Waals surface area contributed by atoms with Gasteiger partial charge in [-0.1, -0.05) is 94.8 Å². The quantitative estimate of drug-likeness (QED) is 0.160. The van der Waals surface area contributed by atoms with Gasteiger partial charge in [-0.05, 0) is 120 Å². The minimum absolute atomic E-state index is 0.0577. The van der Waals surface area contributed by atoms with Crippen molar-refractivity contribution in [3.63, 3.8) is 0 Å². The van der Waals surface area contributed by atoms with Crippen molar-refractivity contribution in [1.29, 1.82) is 0 Å². The second kappa shape index (κ2) is 13.4. The van der Waals surface area contributed by atoms with Crippen molar-refractivity contribution in [2.75, 3.05) is 20.7 Å². The zero-order valence-electron chi connectivity index (χ0n) is 30.5. The molecule has 1 fully saturated rings. The molecule has 6 nitrogen and oxygen atoms in total. The number of aliphatic carboxylic acids is 1. The average Bonchev–Trinajstić information content (AvgIpc) is 3.44. The molecule has 2 aliphatic rings. The number of hydrogen-bond acceptors (Lipinski definition) is 4. The van der Waals surface area contributed by atoms with Crippen LogP contribution in [0.25, 0.3) is 33.5 Å². The minimum atomic E-state index is -0.993. The zero-order chi connectivity index (χ0) is 35.2. The van der Waals surface area contributed by atoms with Crippen LogP contribution < -0.4 is 4.74 Å². The molecule has 1 saturated carbocycles. The molecule has 50 heavy (non-hydrogen) atoms. The fraction of sp³-hybridized carbons (Fsp3) is 0.409. The van der Waals surface area contributed by atoms with Gasteiger partial charge < -0.3 is 19.3 Å². The largest absolute Gasteiger partial charge is 0.482 e. The predicted molar refractivity (Wildman–Crippen MR) is 203 cm³/mol. The zero-order valence-corrected chi connectivity index (χ0v) is 30.5. The first-order valence-electron chi connectivity index (χ1n) is 18.3. The van der Waals surface area contributed by atoms with Gasteiger partial charge in [0, 0.05) is 18.7 Å². The molecule has 2 aliphatic carbocycles. The van der Waals surface area contributed by atoms with Gasteiger partial charge in [0.2, 0.25) is 0 Å². The monoisotopic (exact) mass is 669 g/mol. The molecule has 0 saturated heterocycles. The minimum Gasteiger partial charge on any atom is -0.482 e. The predicted octanol–water partition coefficient (Wildman–Crippen LogP) is 9.73. The summed E-state index contributed by atoms with van der Waals surface area (Å²) in [6, 6.07) is 30.6. The number of ether oxygens (including phenoxy) is 1. The Morgan fingerprint density at radius 3 is 2.48 bits per heavy atom. The lowest BCUT2D eigenvalue weighted by molar-refractivity contribution is -0.139. The Morgan fingerprint density at radius 1 is 0.960 bits per heavy atom. The normalized spacial score (nSPS) is 21.7. The average molecular weight is 670 g/mol. The first-order valence-corrected chi connectivity index (χ1v) is 18.3. The topological polar surface area (TPSA) is 67.6 Å². The summed E-state index contributed by atoms with van der Waals surface area (Å²) >= 11 is 0. The molecule has 0 aliphatic heterocycles. The molecule has 0 spiro atoms. The van der Waals surface area contributed by atoms with Gasteiger partial charge >= 0.3 is 5.97 Å². The third kappa shape index (κ3) is 6.46. The van der Waals surface area contributed by atoms with Gasteiger partial charge in [0.05, 0.1) is 11.0 Å². The number of carboxylic acids is 1. The summed E-state index contributed by atoms with van der Waals surface area (Å²) in [5.41, 5.74) is 11.3. The van der Waals surface area contributed by atoms with Crippen molar-refractivity contribution in [1.82, 2.24) is 14.5 Å². The third-order valence-electron chi connectivity index (χ3n) is 11.7. The maximum Gasteiger partial charge on any atom is 0.341 e. The van der Waals surface area contributed by atoms with Crippen LogP contribution in [-0.2, 0) is 29.7 Å². The molecule has 1 N–H and O–H groups in total. The summed E-state index contributed by atoms with van der Waals surface area (Å²) in [7, 11) is 4.18. The molecule has 3 atom stereocenters. The molecule has 0 amide bonds. The number of carboxylic acid groups (broad SMARTS) is 1. The van der Waals surface area contributed by atoms with Crippen molar-refractivity contribution in [3.8, 4) is 28.3 Å². The summed E-state index contributed by atoms with van der Waals surface area (Å²) in [5, 5.41) is 9.26. The molecular weight excluding hydrogens is 619 g/mol. The number of carbonyl (C=O) groups is 1. The molecule has 0 radical (unpaired) electrons. The molecule has 4 aromatic carbocycles. The number of fused-ring (bicyclic) bond motifs is 4. The first kappa shape index (κ1) is 34.0. The van der Waals surface area contributed by atoms with E-state index in [-0.39, 0.29) is 17.4 Å². The second-order valence-electron chi connectivity index (χ2n) is 16.0. The Hall–Kier alpha value is -4.42. The Balaban J connectivity index is 1.30. The lowest BCUT2D eigenvalue weighted by Crippen LogP contribution is -2.50. The van der Waals surface area contributed by atoms with Gasteiger partial charge in [-0.2, -0.15) is 0 Å². The van der Waals surface area contributed by atoms with E-state index in [4.69, 9.17) is 9.72 Å². The number of rotatable bonds is 10. The van der Waals surface area contributed by atoms with Crippen molar-refractivity contribution in [2.24, 2.45) is 11.3 Å². The summed E-state index contributed by atoms with van der Waals surface area (Å²) in [6.45, 7) is 11.0. The number of nitrogens with zero attached hydrogens (tertiary/aromatic N) is 3. The molecule has 0 unspecified atom stereocenters. The van der Waals surface area contributed by atoms with Crippen LogP contribution in [0.4, 0.5) is 0 Å². The molecule has 5 aromatic rings. The summed E-state index contributed by atoms with van der Waals surface area (Å²) in [5.74, 6) is 1.50. The van der Waals surface area contributed by atoms with Crippen LogP contribution in [-0.4, -0.2) is 46.2 Å². The number of aryl methyl sites for hydroxylation is 1. The molecule has 1 heterocycles. The van der Waals surface area contributed by atoms with Crippen LogP contribution >= 0.6 is 0 Å². The van der Waals surface area contributed by atoms with Crippen LogP contribution in [0.15, 0.2) is 84.9 Å². The smallest absolute Gasteiger partial charge is 0.341 e. The van der Waals surface area contributed by atoms with E-state index in [9.17, 15) is 9.90 Å². The molecule has 1 aromatic heterocycles. The van der Waals surface area contributed by atoms with Crippen molar-refractivity contribution < 1.29 is 14.6 Å². The molecule has 7 rings (SSSR count). The van der Waals surface area contributed by atoms with Crippen LogP contribution in [0.5, 0.6) is 5.75 Å². The Morgan fingerprint density at radius 2 is 1.74 bits per heavy atom. The highest BCUT2D eigenvalue weighted by Gasteiger charge is 2.52. The Labute approximate surface area is 297 Å². The van der Waals surface area contributed by atoms with Crippen LogP contribution in [0.3, 0.4) is 0 Å². The standard InChI is InChI=1S/C44H51N3O3/c1-29(2)32-15-18-37-34(23-32)17-20-40-43(3,21-8-22-44(37,40)4)28-47-39-19-16-33(31-13-11-30(12-14-31)26-46(5)6)25-38(39)45-42(47)35-9-7-10-36(24-35)50-27-41(48)49/h7,9-16,18-19,23-25,29,40H,8,17,20-22,26-28H2,1-6H3,(H,48,49)/t40-,43-,44+/m0/s1. The number of benzene rings is 4. The Bertz CT molecular complexity index is 2030. The van der Waals surface area contributed by atoms with Gasteiger partial charge in [0.1, 0.15) is 11.6 Å². The third-order valence-corrected chi connectivity index (χ3v) is 11.7. The highest BCUT2D eigenvalue weighted by molar-refractivity contribution is 5.86. The van der Waals surface area contributed by atoms with Crippen LogP contribution in [0, 0.1) is 11.3 Å². The van der Waals surface area contributed by atoms with E-state index < -0.39 is 5.97 Å². The van der Waals surface area contributed by atoms with Crippen molar-refractivity contribution in [2.45, 2.75) is 84.2 Å². The van der Waals surface area contributed by atoms with Crippen LogP contribution in [0.1, 0.15) is 81.5 Å². The van der Waals surface area contributed by atoms with Crippen LogP contribution in [0.2, 0.25) is 0 Å². The van der Waals surface area contributed by atoms with Gasteiger partial charge in [-0.15, -0.1) is 0 Å². The van der Waals surface area contributed by atoms with Gasteiger partial charge in [-0.25, -0.2) is 9.78 Å². The maximum atomic E-state index is 11.3. The first-order chi connectivity index (χ1) is 23.9. The Kier molecular flexibility index (Phi) is 9.10. The highest BCUT2D eigenvalue weighted by Crippen LogP contribution is 2.58. The van der Waals surface area contributed by atoms with E-state index in [1.807, 2.05) is 18.2 Å². The SMILES string of the molecule is CC(C)c1ccc2c(c1)CC[C@H]1[C@](C)(Cn3c(-c4cccc(OCC(=O)O)c4)nc4cc(-c5ccc(CN(C)C)cc5)ccc43)CCC[C@]21C. The summed E-state index contributed by atoms with van der Waals surface area (Å²) in [4.78, 5) is 18.8. The molecular formula is C44H51N3O3. The molecule has 0 bridgehead atoms. The number of hydrogen-bond donors (Lipinski definition) is 1. The van der Waals surface area contributed by atoms with E-state index in [0.29, 0.717) is 17.6 Å². The summed E-state index contributed by atoms with van der Waals surface area (Å²) in [6.07, 6.45) is 5.91. The van der Waals surface area contributed by atoms with E-state index >= 15 is 0 Å². The van der Waals surface area contributed by atoms with Gasteiger partial charge in [-0.3, -0.25) is 0 Å².